The molecular formula is C15H21NS. The molecule has 1 nitrogen and oxygen atoms in total. The van der Waals surface area contributed by atoms with E-state index in [0.717, 1.165) is 25.8 Å². The Morgan fingerprint density at radius 2 is 2.00 bits per heavy atom. The summed E-state index contributed by atoms with van der Waals surface area (Å²) in [5.74, 6) is 2.67. The summed E-state index contributed by atoms with van der Waals surface area (Å²) >= 11 is 1.78. The number of benzene rings is 1. The Kier molecular flexibility index (Phi) is 6.84. The minimum atomic E-state index is 0.414. The van der Waals surface area contributed by atoms with E-state index < -0.39 is 0 Å². The van der Waals surface area contributed by atoms with Gasteiger partial charge in [0.1, 0.15) is 0 Å². The van der Waals surface area contributed by atoms with Crippen LogP contribution in [0, 0.1) is 12.3 Å². The summed E-state index contributed by atoms with van der Waals surface area (Å²) in [7, 11) is 0. The Balaban J connectivity index is 2.31. The Morgan fingerprint density at radius 3 is 2.59 bits per heavy atom. The van der Waals surface area contributed by atoms with Crippen molar-refractivity contribution in [3.8, 4) is 12.3 Å². The van der Waals surface area contributed by atoms with Crippen LogP contribution in [0.1, 0.15) is 37.8 Å². The third-order valence-electron chi connectivity index (χ3n) is 2.81. The molecule has 0 saturated heterocycles. The Labute approximate surface area is 109 Å². The van der Waals surface area contributed by atoms with Crippen LogP contribution in [0.25, 0.3) is 0 Å². The lowest BCUT2D eigenvalue weighted by Crippen LogP contribution is -2.19. The molecule has 1 aromatic carbocycles. The minimum Gasteiger partial charge on any atom is -0.310 e. The lowest BCUT2D eigenvalue weighted by atomic mass is 10.1. The first kappa shape index (κ1) is 14.2. The lowest BCUT2D eigenvalue weighted by molar-refractivity contribution is 0.549. The van der Waals surface area contributed by atoms with Crippen molar-refractivity contribution in [2.45, 2.75) is 37.1 Å². The van der Waals surface area contributed by atoms with E-state index in [1.165, 1.54) is 10.5 Å². The van der Waals surface area contributed by atoms with Gasteiger partial charge >= 0.3 is 0 Å². The second kappa shape index (κ2) is 8.22. The Bertz CT molecular complexity index is 350. The molecule has 1 atom stereocenters. The molecule has 0 aliphatic rings. The van der Waals surface area contributed by atoms with Gasteiger partial charge in [0.05, 0.1) is 0 Å². The molecule has 2 heteroatoms. The van der Waals surface area contributed by atoms with E-state index >= 15 is 0 Å². The highest BCUT2D eigenvalue weighted by atomic mass is 32.2. The molecule has 17 heavy (non-hydrogen) atoms. The number of nitrogens with one attached hydrogen (secondary N) is 1. The van der Waals surface area contributed by atoms with Gasteiger partial charge in [-0.15, -0.1) is 24.1 Å². The van der Waals surface area contributed by atoms with Gasteiger partial charge < -0.3 is 5.32 Å². The smallest absolute Gasteiger partial charge is 0.0291 e. The minimum absolute atomic E-state index is 0.414. The van der Waals surface area contributed by atoms with Crippen molar-refractivity contribution in [2.75, 3.05) is 12.8 Å². The van der Waals surface area contributed by atoms with E-state index in [9.17, 15) is 0 Å². The fourth-order valence-electron chi connectivity index (χ4n) is 1.68. The molecule has 0 fully saturated rings. The third-order valence-corrected chi connectivity index (χ3v) is 3.56. The quantitative estimate of drug-likeness (QED) is 0.446. The van der Waals surface area contributed by atoms with Gasteiger partial charge in [-0.1, -0.05) is 12.1 Å². The van der Waals surface area contributed by atoms with E-state index in [0.29, 0.717) is 6.04 Å². The van der Waals surface area contributed by atoms with Crippen molar-refractivity contribution >= 4 is 11.8 Å². The number of rotatable bonds is 7. The fourth-order valence-corrected chi connectivity index (χ4v) is 2.09. The van der Waals surface area contributed by atoms with E-state index in [1.807, 2.05) is 0 Å². The lowest BCUT2D eigenvalue weighted by Gasteiger charge is -2.14. The molecular weight excluding hydrogens is 226 g/mol. The van der Waals surface area contributed by atoms with Crippen LogP contribution in [-0.2, 0) is 0 Å². The molecule has 0 aliphatic heterocycles. The van der Waals surface area contributed by atoms with Gasteiger partial charge in [-0.2, -0.15) is 0 Å². The molecule has 0 bridgehead atoms. The molecule has 92 valence electrons. The first-order valence-electron chi connectivity index (χ1n) is 6.08. The second-order valence-corrected chi connectivity index (χ2v) is 4.99. The third kappa shape index (κ3) is 5.30. The zero-order chi connectivity index (χ0) is 12.5. The number of hydrogen-bond acceptors (Lipinski definition) is 2. The van der Waals surface area contributed by atoms with Crippen LogP contribution in [0.4, 0.5) is 0 Å². The normalized spacial score (nSPS) is 12.1. The average molecular weight is 247 g/mol. The van der Waals surface area contributed by atoms with Crippen LogP contribution in [0.15, 0.2) is 29.2 Å². The Hall–Kier alpha value is -0.910. The van der Waals surface area contributed by atoms with E-state index in [-0.39, 0.29) is 0 Å². The van der Waals surface area contributed by atoms with Crippen molar-refractivity contribution in [1.29, 1.82) is 0 Å². The maximum atomic E-state index is 5.22. The molecule has 1 rings (SSSR count). The van der Waals surface area contributed by atoms with Crippen LogP contribution < -0.4 is 5.32 Å². The first-order valence-corrected chi connectivity index (χ1v) is 7.31. The van der Waals surface area contributed by atoms with Gasteiger partial charge in [-0.3, -0.25) is 0 Å². The largest absolute Gasteiger partial charge is 0.310 e. The van der Waals surface area contributed by atoms with Gasteiger partial charge in [0, 0.05) is 17.4 Å². The molecule has 1 N–H and O–H groups in total. The molecule has 0 amide bonds. The van der Waals surface area contributed by atoms with Gasteiger partial charge in [0.25, 0.3) is 0 Å². The maximum Gasteiger partial charge on any atom is 0.0291 e. The Morgan fingerprint density at radius 1 is 1.29 bits per heavy atom. The summed E-state index contributed by atoms with van der Waals surface area (Å²) < 4.78 is 0. The van der Waals surface area contributed by atoms with E-state index in [4.69, 9.17) is 6.42 Å². The van der Waals surface area contributed by atoms with Crippen LogP contribution in [0.5, 0.6) is 0 Å². The van der Waals surface area contributed by atoms with Crippen molar-refractivity contribution < 1.29 is 0 Å². The predicted molar refractivity (Wildman–Crippen MR) is 77.3 cm³/mol. The maximum absolute atomic E-state index is 5.22. The molecule has 0 heterocycles. The summed E-state index contributed by atoms with van der Waals surface area (Å²) in [5, 5.41) is 3.52. The number of hydrogen-bond donors (Lipinski definition) is 1. The summed E-state index contributed by atoms with van der Waals surface area (Å²) in [4.78, 5) is 1.31. The van der Waals surface area contributed by atoms with Gasteiger partial charge in [-0.05, 0) is 50.3 Å². The number of thioether (sulfide) groups is 1. The number of terminal acetylenes is 1. The fraction of sp³-hybridized carbons (Fsp3) is 0.467. The average Bonchev–Trinajstić information content (AvgIpc) is 2.38. The molecule has 0 saturated carbocycles. The zero-order valence-electron chi connectivity index (χ0n) is 10.7. The van der Waals surface area contributed by atoms with Crippen molar-refractivity contribution in [3.63, 3.8) is 0 Å². The van der Waals surface area contributed by atoms with E-state index in [2.05, 4.69) is 48.7 Å². The molecule has 0 spiro atoms. The first-order chi connectivity index (χ1) is 8.27. The highest BCUT2D eigenvalue weighted by Crippen LogP contribution is 2.18. The van der Waals surface area contributed by atoms with Crippen LogP contribution in [0.3, 0.4) is 0 Å². The van der Waals surface area contributed by atoms with Gasteiger partial charge in [-0.25, -0.2) is 0 Å². The monoisotopic (exact) mass is 247 g/mol. The van der Waals surface area contributed by atoms with Crippen LogP contribution in [0.2, 0.25) is 0 Å². The standard InChI is InChI=1S/C15H21NS/c1-4-5-6-7-12-16-13(2)14-8-10-15(17-3)11-9-14/h1,8-11,13,16H,5-7,12H2,2-3H3. The molecule has 0 aromatic heterocycles. The molecule has 1 unspecified atom stereocenters. The van der Waals surface area contributed by atoms with Gasteiger partial charge in [0.15, 0.2) is 0 Å². The SMILES string of the molecule is C#CCCCCNC(C)c1ccc(SC)cc1. The van der Waals surface area contributed by atoms with Crippen molar-refractivity contribution in [2.24, 2.45) is 0 Å². The zero-order valence-corrected chi connectivity index (χ0v) is 11.5. The summed E-state index contributed by atoms with van der Waals surface area (Å²) in [6.07, 6.45) is 10.5. The summed E-state index contributed by atoms with van der Waals surface area (Å²) in [6, 6.07) is 9.17. The molecule has 1 aromatic rings. The van der Waals surface area contributed by atoms with Gasteiger partial charge in [0.2, 0.25) is 0 Å². The topological polar surface area (TPSA) is 12.0 Å². The summed E-state index contributed by atoms with van der Waals surface area (Å²) in [5.41, 5.74) is 1.35. The van der Waals surface area contributed by atoms with E-state index in [1.54, 1.807) is 11.8 Å². The van der Waals surface area contributed by atoms with Crippen molar-refractivity contribution in [1.82, 2.24) is 5.32 Å². The molecule has 0 radical (unpaired) electrons. The van der Waals surface area contributed by atoms with Crippen LogP contribution in [-0.4, -0.2) is 12.8 Å². The van der Waals surface area contributed by atoms with Crippen molar-refractivity contribution in [3.05, 3.63) is 29.8 Å². The predicted octanol–water partition coefficient (Wildman–Crippen LogP) is 3.86. The molecule has 0 aliphatic carbocycles. The second-order valence-electron chi connectivity index (χ2n) is 4.11. The number of unbranched alkanes of at least 4 members (excludes halogenated alkanes) is 2. The highest BCUT2D eigenvalue weighted by Gasteiger charge is 2.03. The highest BCUT2D eigenvalue weighted by molar-refractivity contribution is 7.98. The van der Waals surface area contributed by atoms with Crippen LogP contribution >= 0.6 is 11.8 Å². The summed E-state index contributed by atoms with van der Waals surface area (Å²) in [6.45, 7) is 3.24.